The molecule has 2 aliphatic heterocycles. The van der Waals surface area contributed by atoms with E-state index in [2.05, 4.69) is 10.0 Å². The summed E-state index contributed by atoms with van der Waals surface area (Å²) in [6.07, 6.45) is -5.95. The zero-order valence-corrected chi connectivity index (χ0v) is 27.9. The van der Waals surface area contributed by atoms with Gasteiger partial charge in [-0.3, -0.25) is 0 Å². The van der Waals surface area contributed by atoms with Crippen molar-refractivity contribution in [2.75, 3.05) is 13.2 Å². The van der Waals surface area contributed by atoms with Crippen LogP contribution in [0.4, 0.5) is 0 Å². The Balaban J connectivity index is 1.26. The zero-order chi connectivity index (χ0) is 34.5. The first-order chi connectivity index (χ1) is 24.6. The fraction of sp³-hybridized carbons (Fsp3) is 0.385. The summed E-state index contributed by atoms with van der Waals surface area (Å²) in [4.78, 5) is 3.05. The van der Waals surface area contributed by atoms with E-state index < -0.39 is 55.2 Å². The van der Waals surface area contributed by atoms with Gasteiger partial charge in [-0.05, 0) is 29.1 Å². The lowest BCUT2D eigenvalue weighted by Crippen LogP contribution is -2.63. The molecule has 4 aromatic rings. The Labute approximate surface area is 292 Å². The summed E-state index contributed by atoms with van der Waals surface area (Å²) in [6.45, 7) is 2.46. The number of aliphatic hydroxyl groups is 1. The minimum absolute atomic E-state index is 0.124. The van der Waals surface area contributed by atoms with Crippen molar-refractivity contribution in [2.24, 2.45) is 5.11 Å². The Bertz CT molecular complexity index is 1610. The SMILES string of the molecule is C[C@@H](O)[C@@H](OCc1ccccc1)C(CO[C@H]1OC2COC(c3ccccc3)O[C@@H]2C(OCc2ccccc2)C1OCc1ccccc1)N=[N+]=[N-]. The molecule has 1 N–H and O–H groups in total. The Morgan fingerprint density at radius 2 is 1.28 bits per heavy atom. The van der Waals surface area contributed by atoms with E-state index in [9.17, 15) is 10.6 Å². The fourth-order valence-corrected chi connectivity index (χ4v) is 6.15. The lowest BCUT2D eigenvalue weighted by atomic mass is 9.97. The molecule has 262 valence electrons. The van der Waals surface area contributed by atoms with Crippen molar-refractivity contribution < 1.29 is 38.3 Å². The molecule has 0 saturated carbocycles. The maximum atomic E-state index is 10.7. The van der Waals surface area contributed by atoms with E-state index in [0.29, 0.717) is 6.61 Å². The number of benzene rings is 4. The minimum Gasteiger partial charge on any atom is -0.391 e. The van der Waals surface area contributed by atoms with Gasteiger partial charge in [0.25, 0.3) is 0 Å². The van der Waals surface area contributed by atoms with E-state index in [1.165, 1.54) is 0 Å². The first-order valence-corrected chi connectivity index (χ1v) is 16.9. The Kier molecular flexibility index (Phi) is 13.0. The van der Waals surface area contributed by atoms with Gasteiger partial charge < -0.3 is 38.3 Å². The van der Waals surface area contributed by atoms with Crippen LogP contribution in [0.25, 0.3) is 10.4 Å². The highest BCUT2D eigenvalue weighted by Crippen LogP contribution is 2.37. The number of fused-ring (bicyclic) bond motifs is 1. The van der Waals surface area contributed by atoms with Crippen LogP contribution >= 0.6 is 0 Å². The molecule has 11 heteroatoms. The van der Waals surface area contributed by atoms with E-state index in [4.69, 9.17) is 33.2 Å². The van der Waals surface area contributed by atoms with Crippen LogP contribution in [-0.2, 0) is 53.0 Å². The van der Waals surface area contributed by atoms with Crippen molar-refractivity contribution in [3.63, 3.8) is 0 Å². The molecule has 2 saturated heterocycles. The van der Waals surface area contributed by atoms with Gasteiger partial charge in [0.15, 0.2) is 12.6 Å². The lowest BCUT2D eigenvalue weighted by Gasteiger charge is -2.49. The van der Waals surface area contributed by atoms with E-state index in [1.807, 2.05) is 121 Å². The number of aliphatic hydroxyl groups excluding tert-OH is 1. The normalized spacial score (nSPS) is 25.1. The molecule has 0 aromatic heterocycles. The number of azide groups is 1. The average Bonchev–Trinajstić information content (AvgIpc) is 3.16. The standard InChI is InChI=1S/C39H43N3O8/c1-27(43)34(44-22-28-14-6-2-7-15-28)32(41-42-40)25-47-39-37(46-24-30-18-10-4-11-19-30)36(45-23-29-16-8-3-9-17-29)35-33(49-39)26-48-38(50-35)31-20-12-5-13-21-31/h2-21,27,32-39,43H,22-26H2,1H3/t27-,32?,33?,34-,35+,36?,37?,38?,39+/m1/s1. The smallest absolute Gasteiger partial charge is 0.186 e. The van der Waals surface area contributed by atoms with E-state index in [-0.39, 0.29) is 26.4 Å². The summed E-state index contributed by atoms with van der Waals surface area (Å²) in [5.41, 5.74) is 13.2. The molecule has 0 amide bonds. The van der Waals surface area contributed by atoms with Gasteiger partial charge in [-0.2, -0.15) is 0 Å². The molecule has 5 unspecified atom stereocenters. The minimum atomic E-state index is -0.971. The van der Waals surface area contributed by atoms with Crippen LogP contribution in [0.1, 0.15) is 35.5 Å². The van der Waals surface area contributed by atoms with Crippen molar-refractivity contribution >= 4 is 0 Å². The average molecular weight is 682 g/mol. The second-order valence-electron chi connectivity index (χ2n) is 12.3. The maximum absolute atomic E-state index is 10.7. The van der Waals surface area contributed by atoms with Crippen LogP contribution in [-0.4, -0.2) is 67.3 Å². The first-order valence-electron chi connectivity index (χ1n) is 16.9. The topological polar surface area (TPSA) is 134 Å². The second kappa shape index (κ2) is 18.2. The number of hydrogen-bond donors (Lipinski definition) is 1. The highest BCUT2D eigenvalue weighted by atomic mass is 16.8. The molecule has 9 atom stereocenters. The summed E-state index contributed by atoms with van der Waals surface area (Å²) in [7, 11) is 0. The van der Waals surface area contributed by atoms with E-state index in [0.717, 1.165) is 22.3 Å². The van der Waals surface area contributed by atoms with Crippen LogP contribution in [0.15, 0.2) is 126 Å². The fourth-order valence-electron chi connectivity index (χ4n) is 6.15. The molecule has 0 aliphatic carbocycles. The molecule has 2 aliphatic rings. The van der Waals surface area contributed by atoms with Crippen molar-refractivity contribution in [1.29, 1.82) is 0 Å². The third-order valence-corrected chi connectivity index (χ3v) is 8.70. The van der Waals surface area contributed by atoms with Gasteiger partial charge in [-0.25, -0.2) is 0 Å². The number of nitrogens with zero attached hydrogens (tertiary/aromatic N) is 3. The second-order valence-corrected chi connectivity index (χ2v) is 12.3. The van der Waals surface area contributed by atoms with Crippen LogP contribution in [0.2, 0.25) is 0 Å². The molecule has 4 aromatic carbocycles. The van der Waals surface area contributed by atoms with Crippen molar-refractivity contribution in [3.05, 3.63) is 154 Å². The van der Waals surface area contributed by atoms with Crippen LogP contribution in [0, 0.1) is 0 Å². The largest absolute Gasteiger partial charge is 0.391 e. The van der Waals surface area contributed by atoms with E-state index >= 15 is 0 Å². The number of hydrogen-bond acceptors (Lipinski definition) is 9. The van der Waals surface area contributed by atoms with Crippen LogP contribution in [0.3, 0.4) is 0 Å². The lowest BCUT2D eigenvalue weighted by molar-refractivity contribution is -0.373. The molecule has 2 heterocycles. The third kappa shape index (κ3) is 9.55. The maximum Gasteiger partial charge on any atom is 0.186 e. The van der Waals surface area contributed by atoms with Gasteiger partial charge in [0.1, 0.15) is 24.4 Å². The Morgan fingerprint density at radius 3 is 1.84 bits per heavy atom. The molecular formula is C39H43N3O8. The number of rotatable bonds is 16. The molecular weight excluding hydrogens is 638 g/mol. The van der Waals surface area contributed by atoms with Gasteiger partial charge in [0.05, 0.1) is 51.3 Å². The predicted octanol–water partition coefficient (Wildman–Crippen LogP) is 6.66. The molecule has 0 bridgehead atoms. The Morgan fingerprint density at radius 1 is 0.740 bits per heavy atom. The van der Waals surface area contributed by atoms with Crippen molar-refractivity contribution in [1.82, 2.24) is 0 Å². The van der Waals surface area contributed by atoms with Crippen LogP contribution in [0.5, 0.6) is 0 Å². The van der Waals surface area contributed by atoms with Gasteiger partial charge in [0, 0.05) is 10.5 Å². The van der Waals surface area contributed by atoms with Gasteiger partial charge in [-0.15, -0.1) is 0 Å². The van der Waals surface area contributed by atoms with Crippen LogP contribution < -0.4 is 0 Å². The van der Waals surface area contributed by atoms with E-state index in [1.54, 1.807) is 6.92 Å². The van der Waals surface area contributed by atoms with Crippen molar-refractivity contribution in [3.8, 4) is 0 Å². The summed E-state index contributed by atoms with van der Waals surface area (Å²) < 4.78 is 45.1. The molecule has 0 spiro atoms. The molecule has 11 nitrogen and oxygen atoms in total. The Hall–Kier alpha value is -4.13. The monoisotopic (exact) mass is 681 g/mol. The highest BCUT2D eigenvalue weighted by molar-refractivity contribution is 5.18. The third-order valence-electron chi connectivity index (χ3n) is 8.70. The molecule has 0 radical (unpaired) electrons. The zero-order valence-electron chi connectivity index (χ0n) is 27.9. The van der Waals surface area contributed by atoms with Gasteiger partial charge in [0.2, 0.25) is 0 Å². The number of ether oxygens (including phenoxy) is 7. The highest BCUT2D eigenvalue weighted by Gasteiger charge is 2.52. The predicted molar refractivity (Wildman–Crippen MR) is 184 cm³/mol. The summed E-state index contributed by atoms with van der Waals surface area (Å²) in [6, 6.07) is 38.1. The first kappa shape index (κ1) is 35.7. The molecule has 50 heavy (non-hydrogen) atoms. The summed E-state index contributed by atoms with van der Waals surface area (Å²) >= 11 is 0. The summed E-state index contributed by atoms with van der Waals surface area (Å²) in [5.74, 6) is 0. The quantitative estimate of drug-likeness (QED) is 0.0789. The summed E-state index contributed by atoms with van der Waals surface area (Å²) in [5, 5.41) is 14.7. The van der Waals surface area contributed by atoms with Crippen molar-refractivity contribution in [2.45, 2.75) is 82.0 Å². The molecule has 6 rings (SSSR count). The molecule has 2 fully saturated rings. The van der Waals surface area contributed by atoms with Gasteiger partial charge >= 0.3 is 0 Å². The van der Waals surface area contributed by atoms with Gasteiger partial charge in [-0.1, -0.05) is 126 Å².